The van der Waals surface area contributed by atoms with E-state index in [1.807, 2.05) is 30.3 Å². The number of carbonyl (C=O) groups excluding carboxylic acids is 7. The topological polar surface area (TPSA) is 219 Å². The number of ether oxygens (including phenoxy) is 3. The van der Waals surface area contributed by atoms with E-state index in [-0.39, 0.29) is 19.6 Å². The van der Waals surface area contributed by atoms with Crippen LogP contribution in [0.4, 0.5) is 9.59 Å². The molecule has 6 N–H and O–H groups in total. The van der Waals surface area contributed by atoms with Crippen molar-refractivity contribution >= 4 is 41.8 Å². The van der Waals surface area contributed by atoms with Gasteiger partial charge >= 0.3 is 18.2 Å². The van der Waals surface area contributed by atoms with Gasteiger partial charge in [-0.15, -0.1) is 0 Å². The predicted molar refractivity (Wildman–Crippen MR) is 179 cm³/mol. The van der Waals surface area contributed by atoms with E-state index >= 15 is 0 Å². The molecule has 0 aliphatic heterocycles. The quantitative estimate of drug-likeness (QED) is 0.0834. The van der Waals surface area contributed by atoms with Gasteiger partial charge in [-0.05, 0) is 80.7 Å². The van der Waals surface area contributed by atoms with E-state index in [2.05, 4.69) is 31.9 Å². The standard InChI is InChI=1S/C33H52N6O10/c1-20(35-27(43)32(6,7)39-25(41)21(2)36-30(46)49-31(3,4)5)24(40)38-33(8,9)28(44)37-23(26(42)47-10)17-14-18-34-29(45)48-19-22-15-12-11-13-16-22/h11-13,15-16,20-21,23H,14,17-19H2,1-10H3,(H,34,45)(H,35,43)(H,36,46)(H,37,44)(H,38,40)(H,39,41)/t20-,21-,23-/m0/s1. The van der Waals surface area contributed by atoms with Gasteiger partial charge in [0.15, 0.2) is 0 Å². The fourth-order valence-electron chi connectivity index (χ4n) is 3.94. The molecule has 0 aliphatic rings. The zero-order valence-corrected chi connectivity index (χ0v) is 30.0. The number of benzene rings is 1. The van der Waals surface area contributed by atoms with Gasteiger partial charge in [0.05, 0.1) is 7.11 Å². The number of rotatable bonds is 16. The molecule has 6 amide bonds. The highest BCUT2D eigenvalue weighted by molar-refractivity contribution is 5.98. The predicted octanol–water partition coefficient (Wildman–Crippen LogP) is 1.56. The number of hydrogen-bond donors (Lipinski definition) is 6. The first-order valence-electron chi connectivity index (χ1n) is 15.9. The lowest BCUT2D eigenvalue weighted by atomic mass is 10.0. The molecule has 1 aromatic carbocycles. The lowest BCUT2D eigenvalue weighted by Gasteiger charge is -2.31. The molecule has 0 heterocycles. The third kappa shape index (κ3) is 15.7. The summed E-state index contributed by atoms with van der Waals surface area (Å²) >= 11 is 0. The Morgan fingerprint density at radius 3 is 1.73 bits per heavy atom. The molecule has 0 radical (unpaired) electrons. The Hall–Kier alpha value is -4.89. The van der Waals surface area contributed by atoms with Gasteiger partial charge in [0.2, 0.25) is 23.6 Å². The van der Waals surface area contributed by atoms with Gasteiger partial charge in [0, 0.05) is 6.54 Å². The summed E-state index contributed by atoms with van der Waals surface area (Å²) in [6, 6.07) is 5.88. The second kappa shape index (κ2) is 18.6. The normalized spacial score (nSPS) is 13.3. The van der Waals surface area contributed by atoms with E-state index in [4.69, 9.17) is 14.2 Å². The summed E-state index contributed by atoms with van der Waals surface area (Å²) < 4.78 is 15.1. The Morgan fingerprint density at radius 2 is 1.22 bits per heavy atom. The minimum atomic E-state index is -1.53. The lowest BCUT2D eigenvalue weighted by Crippen LogP contribution is -2.63. The molecule has 0 aromatic heterocycles. The highest BCUT2D eigenvalue weighted by atomic mass is 16.6. The summed E-state index contributed by atoms with van der Waals surface area (Å²) in [5.41, 5.74) is -2.97. The first kappa shape index (κ1) is 42.1. The second-order valence-corrected chi connectivity index (χ2v) is 13.5. The van der Waals surface area contributed by atoms with Crippen molar-refractivity contribution in [1.29, 1.82) is 0 Å². The van der Waals surface area contributed by atoms with E-state index in [9.17, 15) is 33.6 Å². The third-order valence-corrected chi connectivity index (χ3v) is 6.82. The molecular weight excluding hydrogens is 640 g/mol. The number of hydrogen-bond acceptors (Lipinski definition) is 10. The first-order chi connectivity index (χ1) is 22.6. The average molecular weight is 693 g/mol. The Labute approximate surface area is 287 Å². The monoisotopic (exact) mass is 692 g/mol. The number of alkyl carbamates (subject to hydrolysis) is 2. The molecular formula is C33H52N6O10. The molecule has 0 unspecified atom stereocenters. The van der Waals surface area contributed by atoms with Crippen LogP contribution in [0.25, 0.3) is 0 Å². The zero-order valence-electron chi connectivity index (χ0n) is 30.0. The fraction of sp³-hybridized carbons (Fsp3) is 0.606. The molecule has 0 aliphatic carbocycles. The van der Waals surface area contributed by atoms with Crippen LogP contribution in [0.15, 0.2) is 30.3 Å². The molecule has 16 heteroatoms. The molecule has 3 atom stereocenters. The molecule has 0 fully saturated rings. The van der Waals surface area contributed by atoms with Crippen molar-refractivity contribution in [2.45, 2.75) is 117 Å². The SMILES string of the molecule is COC(=O)[C@H](CCCNC(=O)OCc1ccccc1)NC(=O)C(C)(C)NC(=O)[C@H](C)NC(=O)C(C)(C)NC(=O)[C@H](C)NC(=O)OC(C)(C)C. The average Bonchev–Trinajstić information content (AvgIpc) is 2.99. The van der Waals surface area contributed by atoms with Gasteiger partial charge in [-0.25, -0.2) is 14.4 Å². The van der Waals surface area contributed by atoms with Crippen LogP contribution >= 0.6 is 0 Å². The fourth-order valence-corrected chi connectivity index (χ4v) is 3.94. The summed E-state index contributed by atoms with van der Waals surface area (Å²) in [5, 5.41) is 15.1. The zero-order chi connectivity index (χ0) is 37.6. The molecule has 1 rings (SSSR count). The minimum Gasteiger partial charge on any atom is -0.467 e. The van der Waals surface area contributed by atoms with Gasteiger partial charge in [0.1, 0.15) is 41.4 Å². The van der Waals surface area contributed by atoms with Gasteiger partial charge in [-0.2, -0.15) is 0 Å². The number of carbonyl (C=O) groups is 7. The van der Waals surface area contributed by atoms with Gasteiger partial charge < -0.3 is 46.1 Å². The van der Waals surface area contributed by atoms with Crippen molar-refractivity contribution in [1.82, 2.24) is 31.9 Å². The Kier molecular flexibility index (Phi) is 16.0. The second-order valence-electron chi connectivity index (χ2n) is 13.5. The van der Waals surface area contributed by atoms with Crippen LogP contribution < -0.4 is 31.9 Å². The van der Waals surface area contributed by atoms with E-state index in [1.165, 1.54) is 48.7 Å². The maximum atomic E-state index is 13.1. The first-order valence-corrected chi connectivity index (χ1v) is 15.9. The van der Waals surface area contributed by atoms with Crippen molar-refractivity contribution in [3.8, 4) is 0 Å². The van der Waals surface area contributed by atoms with Crippen molar-refractivity contribution in [3.05, 3.63) is 35.9 Å². The highest BCUT2D eigenvalue weighted by Crippen LogP contribution is 2.10. The summed E-state index contributed by atoms with van der Waals surface area (Å²) in [5.74, 6) is -3.52. The van der Waals surface area contributed by atoms with E-state index < -0.39 is 76.6 Å². The van der Waals surface area contributed by atoms with E-state index in [0.717, 1.165) is 5.56 Å². The Morgan fingerprint density at radius 1 is 0.714 bits per heavy atom. The van der Waals surface area contributed by atoms with Gasteiger partial charge in [-0.1, -0.05) is 30.3 Å². The molecule has 16 nitrogen and oxygen atoms in total. The number of amides is 6. The molecule has 0 bridgehead atoms. The summed E-state index contributed by atoms with van der Waals surface area (Å²) in [6.45, 7) is 13.7. The largest absolute Gasteiger partial charge is 0.467 e. The smallest absolute Gasteiger partial charge is 0.408 e. The van der Waals surface area contributed by atoms with Crippen molar-refractivity contribution in [2.75, 3.05) is 13.7 Å². The lowest BCUT2D eigenvalue weighted by molar-refractivity contribution is -0.146. The Bertz CT molecular complexity index is 1330. The van der Waals surface area contributed by atoms with Crippen LogP contribution in [0.5, 0.6) is 0 Å². The maximum absolute atomic E-state index is 13.1. The minimum absolute atomic E-state index is 0.0965. The number of nitrogens with one attached hydrogen (secondary N) is 6. The summed E-state index contributed by atoms with van der Waals surface area (Å²) in [7, 11) is 1.17. The van der Waals surface area contributed by atoms with Gasteiger partial charge in [0.25, 0.3) is 0 Å². The van der Waals surface area contributed by atoms with Crippen LogP contribution in [0.1, 0.15) is 80.7 Å². The van der Waals surface area contributed by atoms with Crippen molar-refractivity contribution in [3.63, 3.8) is 0 Å². The van der Waals surface area contributed by atoms with Crippen LogP contribution in [0, 0.1) is 0 Å². The van der Waals surface area contributed by atoms with Crippen LogP contribution in [-0.2, 0) is 44.8 Å². The number of methoxy groups -OCH3 is 1. The van der Waals surface area contributed by atoms with E-state index in [0.29, 0.717) is 6.42 Å². The molecule has 0 saturated carbocycles. The summed E-state index contributed by atoms with van der Waals surface area (Å²) in [4.78, 5) is 88.1. The summed E-state index contributed by atoms with van der Waals surface area (Å²) in [6.07, 6.45) is -1.04. The van der Waals surface area contributed by atoms with E-state index in [1.54, 1.807) is 20.8 Å². The molecule has 274 valence electrons. The highest BCUT2D eigenvalue weighted by Gasteiger charge is 2.37. The maximum Gasteiger partial charge on any atom is 0.408 e. The molecule has 1 aromatic rings. The van der Waals surface area contributed by atoms with Crippen LogP contribution in [0.3, 0.4) is 0 Å². The Balaban J connectivity index is 2.65. The molecule has 0 saturated heterocycles. The van der Waals surface area contributed by atoms with Crippen molar-refractivity contribution < 1.29 is 47.8 Å². The molecule has 0 spiro atoms. The van der Waals surface area contributed by atoms with Crippen LogP contribution in [0.2, 0.25) is 0 Å². The van der Waals surface area contributed by atoms with Crippen LogP contribution in [-0.4, -0.2) is 90.2 Å². The van der Waals surface area contributed by atoms with Crippen molar-refractivity contribution in [2.24, 2.45) is 0 Å². The third-order valence-electron chi connectivity index (χ3n) is 6.82. The van der Waals surface area contributed by atoms with Gasteiger partial charge in [-0.3, -0.25) is 19.2 Å². The molecule has 49 heavy (non-hydrogen) atoms. The number of esters is 1.